The van der Waals surface area contributed by atoms with E-state index >= 15 is 0 Å². The molecule has 31 heavy (non-hydrogen) atoms. The number of carbonyl (C=O) groups excluding carboxylic acids is 2. The van der Waals surface area contributed by atoms with Crippen molar-refractivity contribution in [3.05, 3.63) is 100 Å². The van der Waals surface area contributed by atoms with Crippen LogP contribution in [0, 0.1) is 0 Å². The van der Waals surface area contributed by atoms with E-state index in [1.165, 1.54) is 23.8 Å². The minimum absolute atomic E-state index is 0.0506. The van der Waals surface area contributed by atoms with Crippen molar-refractivity contribution < 1.29 is 19.1 Å². The number of nitrogens with one attached hydrogen (secondary N) is 1. The third-order valence-corrected chi connectivity index (χ3v) is 4.48. The highest BCUT2D eigenvalue weighted by Gasteiger charge is 2.22. The quantitative estimate of drug-likeness (QED) is 0.538. The molecule has 7 heteroatoms. The van der Waals surface area contributed by atoms with Gasteiger partial charge < -0.3 is 19.4 Å². The number of benzene rings is 2. The van der Waals surface area contributed by atoms with Crippen LogP contribution in [0.1, 0.15) is 18.1 Å². The van der Waals surface area contributed by atoms with Gasteiger partial charge in [0.05, 0.1) is 6.54 Å². The molecule has 1 amide bonds. The lowest BCUT2D eigenvalue weighted by Crippen LogP contribution is -2.45. The topological polar surface area (TPSA) is 86.6 Å². The first-order valence-electron chi connectivity index (χ1n) is 9.86. The van der Waals surface area contributed by atoms with Crippen molar-refractivity contribution >= 4 is 11.9 Å². The lowest BCUT2D eigenvalue weighted by Gasteiger charge is -2.18. The SMILES string of the molecule is CC(=O)NC(Cn1ccc(OCc2ccccc2)cc1=O)C(=O)OCc1ccccc1. The van der Waals surface area contributed by atoms with Crippen LogP contribution >= 0.6 is 0 Å². The normalized spacial score (nSPS) is 11.4. The molecule has 7 nitrogen and oxygen atoms in total. The second kappa shape index (κ2) is 10.8. The van der Waals surface area contributed by atoms with Gasteiger partial charge in [0.2, 0.25) is 5.91 Å². The molecule has 0 saturated heterocycles. The van der Waals surface area contributed by atoms with Gasteiger partial charge in [-0.25, -0.2) is 4.79 Å². The van der Waals surface area contributed by atoms with Gasteiger partial charge in [0, 0.05) is 19.2 Å². The lowest BCUT2D eigenvalue weighted by molar-refractivity contribution is -0.149. The van der Waals surface area contributed by atoms with Gasteiger partial charge in [-0.05, 0) is 17.2 Å². The van der Waals surface area contributed by atoms with E-state index < -0.39 is 17.9 Å². The summed E-state index contributed by atoms with van der Waals surface area (Å²) in [7, 11) is 0. The third-order valence-electron chi connectivity index (χ3n) is 4.48. The van der Waals surface area contributed by atoms with E-state index in [1.807, 2.05) is 60.7 Å². The van der Waals surface area contributed by atoms with Crippen LogP contribution in [-0.2, 0) is 34.1 Å². The molecule has 0 spiro atoms. The molecule has 160 valence electrons. The predicted octanol–water partition coefficient (Wildman–Crippen LogP) is 2.68. The van der Waals surface area contributed by atoms with E-state index in [0.717, 1.165) is 11.1 Å². The zero-order valence-corrected chi connectivity index (χ0v) is 17.2. The monoisotopic (exact) mass is 420 g/mol. The highest BCUT2D eigenvalue weighted by Crippen LogP contribution is 2.10. The van der Waals surface area contributed by atoms with Crippen LogP contribution in [0.2, 0.25) is 0 Å². The van der Waals surface area contributed by atoms with Crippen molar-refractivity contribution in [3.8, 4) is 5.75 Å². The molecule has 1 N–H and O–H groups in total. The predicted molar refractivity (Wildman–Crippen MR) is 115 cm³/mol. The molecule has 3 rings (SSSR count). The molecule has 1 unspecified atom stereocenters. The Morgan fingerprint density at radius 3 is 2.13 bits per heavy atom. The van der Waals surface area contributed by atoms with Crippen LogP contribution in [-0.4, -0.2) is 22.5 Å². The molecular weight excluding hydrogens is 396 g/mol. The second-order valence-corrected chi connectivity index (χ2v) is 6.97. The number of amides is 1. The lowest BCUT2D eigenvalue weighted by atomic mass is 10.2. The van der Waals surface area contributed by atoms with E-state index in [-0.39, 0.29) is 18.7 Å². The van der Waals surface area contributed by atoms with Gasteiger partial charge in [-0.3, -0.25) is 9.59 Å². The van der Waals surface area contributed by atoms with Crippen LogP contribution < -0.4 is 15.6 Å². The number of hydrogen-bond donors (Lipinski definition) is 1. The van der Waals surface area contributed by atoms with Crippen molar-refractivity contribution in [1.82, 2.24) is 9.88 Å². The third kappa shape index (κ3) is 6.85. The van der Waals surface area contributed by atoms with E-state index in [2.05, 4.69) is 5.32 Å². The molecule has 0 aliphatic rings. The fourth-order valence-corrected chi connectivity index (χ4v) is 2.92. The number of esters is 1. The summed E-state index contributed by atoms with van der Waals surface area (Å²) in [5.74, 6) is -0.583. The molecule has 1 aromatic heterocycles. The maximum Gasteiger partial charge on any atom is 0.330 e. The Hall–Kier alpha value is -3.87. The summed E-state index contributed by atoms with van der Waals surface area (Å²) in [6.45, 7) is 1.67. The van der Waals surface area contributed by atoms with Crippen molar-refractivity contribution in [1.29, 1.82) is 0 Å². The summed E-state index contributed by atoms with van der Waals surface area (Å²) in [5, 5.41) is 2.55. The first-order chi connectivity index (χ1) is 15.0. The number of pyridine rings is 1. The largest absolute Gasteiger partial charge is 0.489 e. The van der Waals surface area contributed by atoms with Gasteiger partial charge in [0.15, 0.2) is 0 Å². The summed E-state index contributed by atoms with van der Waals surface area (Å²) in [6, 6.07) is 20.8. The van der Waals surface area contributed by atoms with Crippen LogP contribution in [0.4, 0.5) is 0 Å². The number of rotatable bonds is 9. The Balaban J connectivity index is 1.63. The minimum atomic E-state index is -0.991. The zero-order chi connectivity index (χ0) is 22.1. The summed E-state index contributed by atoms with van der Waals surface area (Å²) < 4.78 is 12.3. The summed E-state index contributed by atoms with van der Waals surface area (Å²) in [6.07, 6.45) is 1.53. The van der Waals surface area contributed by atoms with Crippen LogP contribution in [0.25, 0.3) is 0 Å². The van der Waals surface area contributed by atoms with Gasteiger partial charge in [-0.15, -0.1) is 0 Å². The Morgan fingerprint density at radius 1 is 0.935 bits per heavy atom. The smallest absolute Gasteiger partial charge is 0.330 e. The van der Waals surface area contributed by atoms with Crippen molar-refractivity contribution in [2.24, 2.45) is 0 Å². The number of aromatic nitrogens is 1. The number of carbonyl (C=O) groups is 2. The van der Waals surface area contributed by atoms with Crippen molar-refractivity contribution in [2.75, 3.05) is 0 Å². The fourth-order valence-electron chi connectivity index (χ4n) is 2.92. The van der Waals surface area contributed by atoms with Crippen molar-refractivity contribution in [3.63, 3.8) is 0 Å². The Kier molecular flexibility index (Phi) is 7.59. The highest BCUT2D eigenvalue weighted by molar-refractivity contribution is 5.83. The molecule has 3 aromatic rings. The molecule has 0 aliphatic heterocycles. The van der Waals surface area contributed by atoms with Gasteiger partial charge in [0.1, 0.15) is 25.0 Å². The Bertz CT molecular complexity index is 1060. The molecule has 0 aliphatic carbocycles. The summed E-state index contributed by atoms with van der Waals surface area (Å²) in [5.41, 5.74) is 1.46. The van der Waals surface area contributed by atoms with Crippen molar-refractivity contribution in [2.45, 2.75) is 32.7 Å². The maximum atomic E-state index is 12.5. The van der Waals surface area contributed by atoms with Crippen LogP contribution in [0.15, 0.2) is 83.8 Å². The number of ether oxygens (including phenoxy) is 2. The van der Waals surface area contributed by atoms with Gasteiger partial charge in [0.25, 0.3) is 5.56 Å². The molecule has 1 atom stereocenters. The molecule has 0 bridgehead atoms. The Labute approximate surface area is 180 Å². The van der Waals surface area contributed by atoms with E-state index in [0.29, 0.717) is 12.4 Å². The van der Waals surface area contributed by atoms with Crippen LogP contribution in [0.5, 0.6) is 5.75 Å². The van der Waals surface area contributed by atoms with Gasteiger partial charge in [-0.2, -0.15) is 0 Å². The van der Waals surface area contributed by atoms with E-state index in [4.69, 9.17) is 9.47 Å². The molecule has 0 fully saturated rings. The number of nitrogens with zero attached hydrogens (tertiary/aromatic N) is 1. The average molecular weight is 420 g/mol. The van der Waals surface area contributed by atoms with E-state index in [9.17, 15) is 14.4 Å². The minimum Gasteiger partial charge on any atom is -0.489 e. The number of hydrogen-bond acceptors (Lipinski definition) is 5. The highest BCUT2D eigenvalue weighted by atomic mass is 16.5. The molecule has 0 radical (unpaired) electrons. The van der Waals surface area contributed by atoms with Gasteiger partial charge in [-0.1, -0.05) is 60.7 Å². The van der Waals surface area contributed by atoms with E-state index in [1.54, 1.807) is 6.07 Å². The molecule has 0 saturated carbocycles. The Morgan fingerprint density at radius 2 is 1.55 bits per heavy atom. The molecule has 1 heterocycles. The first-order valence-corrected chi connectivity index (χ1v) is 9.86. The fraction of sp³-hybridized carbons (Fsp3) is 0.208. The zero-order valence-electron chi connectivity index (χ0n) is 17.2. The average Bonchev–Trinajstić information content (AvgIpc) is 2.78. The summed E-state index contributed by atoms with van der Waals surface area (Å²) in [4.78, 5) is 36.6. The first kappa shape index (κ1) is 21.8. The van der Waals surface area contributed by atoms with Crippen LogP contribution in [0.3, 0.4) is 0 Å². The summed E-state index contributed by atoms with van der Waals surface area (Å²) >= 11 is 0. The standard InChI is InChI=1S/C24H24N2O5/c1-18(27)25-22(24(29)31-17-20-10-6-3-7-11-20)15-26-13-12-21(14-23(26)28)30-16-19-8-4-2-5-9-19/h2-14,22H,15-17H2,1H3,(H,25,27). The second-order valence-electron chi connectivity index (χ2n) is 6.97. The maximum absolute atomic E-state index is 12.5. The molecule has 2 aromatic carbocycles. The van der Waals surface area contributed by atoms with Gasteiger partial charge >= 0.3 is 5.97 Å². The molecular formula is C24H24N2O5.